The van der Waals surface area contributed by atoms with Crippen molar-refractivity contribution in [1.82, 2.24) is 4.90 Å². The average molecular weight is 273 g/mol. The Hall–Kier alpha value is -1.22. The fourth-order valence-electron chi connectivity index (χ4n) is 3.67. The zero-order valence-corrected chi connectivity index (χ0v) is 12.6. The molecule has 3 rings (SSSR count). The van der Waals surface area contributed by atoms with Gasteiger partial charge in [0.1, 0.15) is 0 Å². The number of hydrogen-bond acceptors (Lipinski definition) is 3. The van der Waals surface area contributed by atoms with E-state index in [1.54, 1.807) is 0 Å². The van der Waals surface area contributed by atoms with Gasteiger partial charge in [-0.3, -0.25) is 0 Å². The van der Waals surface area contributed by atoms with Gasteiger partial charge in [0, 0.05) is 31.0 Å². The van der Waals surface area contributed by atoms with E-state index >= 15 is 0 Å². The standard InChI is InChI=1S/C17H27N3/c1-14-16(18)5-4-6-17(14)20-11-7-15(8-12-20)13-19-9-2-3-10-19/h4-6,15H,2-3,7-13,18H2,1H3. The third-order valence-electron chi connectivity index (χ3n) is 5.02. The lowest BCUT2D eigenvalue weighted by Gasteiger charge is -2.36. The Morgan fingerprint density at radius 1 is 1.10 bits per heavy atom. The largest absolute Gasteiger partial charge is 0.398 e. The summed E-state index contributed by atoms with van der Waals surface area (Å²) in [7, 11) is 0. The number of hydrogen-bond donors (Lipinski definition) is 1. The van der Waals surface area contributed by atoms with E-state index in [0.717, 1.165) is 11.6 Å². The van der Waals surface area contributed by atoms with Crippen molar-refractivity contribution in [2.45, 2.75) is 32.6 Å². The highest BCUT2D eigenvalue weighted by Crippen LogP contribution is 2.29. The van der Waals surface area contributed by atoms with E-state index in [4.69, 9.17) is 5.73 Å². The number of nitrogens with zero attached hydrogens (tertiary/aromatic N) is 2. The molecule has 0 saturated carbocycles. The van der Waals surface area contributed by atoms with E-state index in [1.165, 1.54) is 69.7 Å². The van der Waals surface area contributed by atoms with Crippen LogP contribution in [-0.4, -0.2) is 37.6 Å². The fraction of sp³-hybridized carbons (Fsp3) is 0.647. The number of rotatable bonds is 3. The fourth-order valence-corrected chi connectivity index (χ4v) is 3.67. The van der Waals surface area contributed by atoms with Gasteiger partial charge in [0.15, 0.2) is 0 Å². The van der Waals surface area contributed by atoms with Gasteiger partial charge in [-0.1, -0.05) is 6.07 Å². The second-order valence-corrected chi connectivity index (χ2v) is 6.43. The van der Waals surface area contributed by atoms with Crippen LogP contribution < -0.4 is 10.6 Å². The number of nitrogens with two attached hydrogens (primary N) is 1. The van der Waals surface area contributed by atoms with Crippen LogP contribution >= 0.6 is 0 Å². The normalized spacial score (nSPS) is 21.6. The lowest BCUT2D eigenvalue weighted by Crippen LogP contribution is -2.38. The van der Waals surface area contributed by atoms with Gasteiger partial charge in [0.25, 0.3) is 0 Å². The van der Waals surface area contributed by atoms with Crippen molar-refractivity contribution in [3.63, 3.8) is 0 Å². The van der Waals surface area contributed by atoms with Crippen molar-refractivity contribution in [2.75, 3.05) is 43.4 Å². The highest BCUT2D eigenvalue weighted by Gasteiger charge is 2.23. The molecule has 0 amide bonds. The van der Waals surface area contributed by atoms with Crippen LogP contribution in [0.5, 0.6) is 0 Å². The predicted octanol–water partition coefficient (Wildman–Crippen LogP) is 2.89. The summed E-state index contributed by atoms with van der Waals surface area (Å²) in [6, 6.07) is 6.29. The van der Waals surface area contributed by atoms with Crippen molar-refractivity contribution in [3.8, 4) is 0 Å². The predicted molar refractivity (Wildman–Crippen MR) is 86.2 cm³/mol. The van der Waals surface area contributed by atoms with Crippen LogP contribution in [0.2, 0.25) is 0 Å². The first-order valence-electron chi connectivity index (χ1n) is 8.06. The van der Waals surface area contributed by atoms with Crippen LogP contribution in [0.15, 0.2) is 18.2 Å². The highest BCUT2D eigenvalue weighted by molar-refractivity contribution is 5.64. The van der Waals surface area contributed by atoms with Crippen molar-refractivity contribution < 1.29 is 0 Å². The number of nitrogen functional groups attached to an aromatic ring is 1. The minimum atomic E-state index is 0.894. The Labute approximate surface area is 122 Å². The molecule has 2 aliphatic heterocycles. The van der Waals surface area contributed by atoms with Crippen LogP contribution in [0.25, 0.3) is 0 Å². The summed E-state index contributed by atoms with van der Waals surface area (Å²) in [5.41, 5.74) is 9.53. The summed E-state index contributed by atoms with van der Waals surface area (Å²) in [4.78, 5) is 5.18. The topological polar surface area (TPSA) is 32.5 Å². The Kier molecular flexibility index (Phi) is 4.16. The molecule has 2 heterocycles. The zero-order chi connectivity index (χ0) is 13.9. The Morgan fingerprint density at radius 3 is 2.50 bits per heavy atom. The third-order valence-corrected chi connectivity index (χ3v) is 5.02. The molecule has 0 bridgehead atoms. The second kappa shape index (κ2) is 6.04. The molecule has 2 aliphatic rings. The molecule has 0 aromatic heterocycles. The number of piperidine rings is 1. The molecule has 3 heteroatoms. The molecule has 0 radical (unpaired) electrons. The first-order chi connectivity index (χ1) is 9.74. The summed E-state index contributed by atoms with van der Waals surface area (Å²) in [6.45, 7) is 8.49. The molecular weight excluding hydrogens is 246 g/mol. The molecule has 110 valence electrons. The summed E-state index contributed by atoms with van der Waals surface area (Å²) < 4.78 is 0. The minimum Gasteiger partial charge on any atom is -0.398 e. The van der Waals surface area contributed by atoms with Crippen molar-refractivity contribution in [3.05, 3.63) is 23.8 Å². The van der Waals surface area contributed by atoms with Gasteiger partial charge in [-0.05, 0) is 69.3 Å². The van der Waals surface area contributed by atoms with Crippen LogP contribution in [-0.2, 0) is 0 Å². The van der Waals surface area contributed by atoms with Crippen LogP contribution in [0, 0.1) is 12.8 Å². The number of anilines is 2. The molecule has 1 aromatic rings. The van der Waals surface area contributed by atoms with E-state index in [2.05, 4.69) is 28.9 Å². The first-order valence-corrected chi connectivity index (χ1v) is 8.06. The zero-order valence-electron chi connectivity index (χ0n) is 12.6. The molecule has 20 heavy (non-hydrogen) atoms. The molecule has 0 spiro atoms. The van der Waals surface area contributed by atoms with E-state index in [-0.39, 0.29) is 0 Å². The van der Waals surface area contributed by atoms with E-state index in [9.17, 15) is 0 Å². The molecule has 0 aliphatic carbocycles. The van der Waals surface area contributed by atoms with E-state index in [0.29, 0.717) is 0 Å². The van der Waals surface area contributed by atoms with E-state index in [1.807, 2.05) is 6.07 Å². The molecule has 3 nitrogen and oxygen atoms in total. The van der Waals surface area contributed by atoms with Crippen molar-refractivity contribution in [1.29, 1.82) is 0 Å². The maximum Gasteiger partial charge on any atom is 0.0416 e. The van der Waals surface area contributed by atoms with Gasteiger partial charge in [-0.25, -0.2) is 0 Å². The van der Waals surface area contributed by atoms with Gasteiger partial charge in [0.2, 0.25) is 0 Å². The van der Waals surface area contributed by atoms with Gasteiger partial charge in [0.05, 0.1) is 0 Å². The lowest BCUT2D eigenvalue weighted by atomic mass is 9.95. The molecule has 1 aromatic carbocycles. The SMILES string of the molecule is Cc1c(N)cccc1N1CCC(CN2CCCC2)CC1. The Balaban J connectivity index is 1.56. The van der Waals surface area contributed by atoms with Crippen molar-refractivity contribution in [2.24, 2.45) is 5.92 Å². The molecule has 2 saturated heterocycles. The number of benzene rings is 1. The summed E-state index contributed by atoms with van der Waals surface area (Å²) >= 11 is 0. The second-order valence-electron chi connectivity index (χ2n) is 6.43. The smallest absolute Gasteiger partial charge is 0.0416 e. The van der Waals surface area contributed by atoms with Crippen LogP contribution in [0.3, 0.4) is 0 Å². The van der Waals surface area contributed by atoms with Crippen molar-refractivity contribution >= 4 is 11.4 Å². The Morgan fingerprint density at radius 2 is 1.80 bits per heavy atom. The summed E-state index contributed by atoms with van der Waals surface area (Å²) in [5.74, 6) is 0.894. The molecular formula is C17H27N3. The third kappa shape index (κ3) is 2.93. The average Bonchev–Trinajstić information content (AvgIpc) is 2.96. The molecule has 2 fully saturated rings. The van der Waals surface area contributed by atoms with Crippen LogP contribution in [0.1, 0.15) is 31.2 Å². The summed E-state index contributed by atoms with van der Waals surface area (Å²) in [6.07, 6.45) is 5.46. The molecule has 0 atom stereocenters. The van der Waals surface area contributed by atoms with E-state index < -0.39 is 0 Å². The summed E-state index contributed by atoms with van der Waals surface area (Å²) in [5, 5.41) is 0. The lowest BCUT2D eigenvalue weighted by molar-refractivity contribution is 0.249. The van der Waals surface area contributed by atoms with Gasteiger partial charge in [-0.15, -0.1) is 0 Å². The Bertz CT molecular complexity index is 444. The first kappa shape index (κ1) is 13.7. The van der Waals surface area contributed by atoms with Gasteiger partial charge in [-0.2, -0.15) is 0 Å². The number of likely N-dealkylation sites (tertiary alicyclic amines) is 1. The molecule has 2 N–H and O–H groups in total. The van der Waals surface area contributed by atoms with Crippen LogP contribution in [0.4, 0.5) is 11.4 Å². The minimum absolute atomic E-state index is 0.894. The quantitative estimate of drug-likeness (QED) is 0.860. The maximum atomic E-state index is 6.03. The van der Waals surface area contributed by atoms with Gasteiger partial charge < -0.3 is 15.5 Å². The monoisotopic (exact) mass is 273 g/mol. The van der Waals surface area contributed by atoms with Gasteiger partial charge >= 0.3 is 0 Å². The molecule has 0 unspecified atom stereocenters. The highest BCUT2D eigenvalue weighted by atomic mass is 15.2. The maximum absolute atomic E-state index is 6.03.